The van der Waals surface area contributed by atoms with Gasteiger partial charge in [-0.2, -0.15) is 0 Å². The molecular weight excluding hydrogens is 472 g/mol. The number of carboxylic acid groups (broad SMARTS) is 1. The molecule has 0 aliphatic heterocycles. The maximum atomic E-state index is 13.8. The third-order valence-electron chi connectivity index (χ3n) is 7.60. The average molecular weight is 527 g/mol. The summed E-state index contributed by atoms with van der Waals surface area (Å²) in [5, 5.41) is 9.39. The van der Waals surface area contributed by atoms with Crippen molar-refractivity contribution in [2.75, 3.05) is 27.7 Å². The van der Waals surface area contributed by atoms with Crippen molar-refractivity contribution < 1.29 is 29.0 Å². The number of hydrogen-bond acceptors (Lipinski definition) is 6. The minimum absolute atomic E-state index is 0.0271. The van der Waals surface area contributed by atoms with Crippen LogP contribution >= 0.6 is 0 Å². The van der Waals surface area contributed by atoms with Crippen LogP contribution in [0.4, 0.5) is 0 Å². The SMILES string of the molecule is CC[C@H](C)[C@@H]([C@@H](CC(=O)O)OC)N(C)C(=O)[C@@H](CC(=O)[C@H](C(C)C)N(C)CCCCCC(C)=O)C(C)C. The molecule has 0 saturated heterocycles. The van der Waals surface area contributed by atoms with E-state index in [9.17, 15) is 24.3 Å². The fourth-order valence-corrected chi connectivity index (χ4v) is 5.29. The van der Waals surface area contributed by atoms with Gasteiger partial charge in [-0.05, 0) is 51.1 Å². The molecule has 0 fully saturated rings. The number of carboxylic acids is 1. The first-order valence-electron chi connectivity index (χ1n) is 13.9. The van der Waals surface area contributed by atoms with E-state index in [1.54, 1.807) is 18.9 Å². The van der Waals surface area contributed by atoms with E-state index in [4.69, 9.17) is 4.74 Å². The Labute approximate surface area is 225 Å². The number of rotatable bonds is 20. The molecule has 0 unspecified atom stereocenters. The standard InChI is InChI=1S/C29H54N2O6/c1-11-21(6)28(25(37-10)18-26(34)35)31(9)29(36)23(19(2)3)17-24(33)27(20(4)5)30(8)16-14-12-13-15-22(7)32/h19-21,23,25,27-28H,11-18H2,1-10H3,(H,34,35)/t21-,23-,25+,27-,28-/m0/s1. The highest BCUT2D eigenvalue weighted by Gasteiger charge is 2.39. The number of amides is 1. The van der Waals surface area contributed by atoms with Crippen molar-refractivity contribution in [2.24, 2.45) is 23.7 Å². The molecule has 5 atom stereocenters. The maximum absolute atomic E-state index is 13.8. The number of ketones is 2. The van der Waals surface area contributed by atoms with Gasteiger partial charge in [0.25, 0.3) is 0 Å². The second-order valence-corrected chi connectivity index (χ2v) is 11.4. The van der Waals surface area contributed by atoms with Crippen LogP contribution in [0.2, 0.25) is 0 Å². The lowest BCUT2D eigenvalue weighted by molar-refractivity contribution is -0.149. The number of aliphatic carboxylic acids is 1. The van der Waals surface area contributed by atoms with Gasteiger partial charge in [0.15, 0.2) is 5.78 Å². The van der Waals surface area contributed by atoms with Gasteiger partial charge in [-0.3, -0.25) is 19.3 Å². The van der Waals surface area contributed by atoms with Crippen LogP contribution in [0.15, 0.2) is 0 Å². The van der Waals surface area contributed by atoms with Gasteiger partial charge in [0.2, 0.25) is 5.91 Å². The Hall–Kier alpha value is -1.80. The number of ether oxygens (including phenoxy) is 1. The molecule has 0 aromatic rings. The summed E-state index contributed by atoms with van der Waals surface area (Å²) in [4.78, 5) is 53.7. The molecule has 0 aromatic carbocycles. The fourth-order valence-electron chi connectivity index (χ4n) is 5.29. The molecule has 0 heterocycles. The van der Waals surface area contributed by atoms with Crippen molar-refractivity contribution in [3.63, 3.8) is 0 Å². The lowest BCUT2D eigenvalue weighted by atomic mass is 9.83. The topological polar surface area (TPSA) is 104 Å². The second-order valence-electron chi connectivity index (χ2n) is 11.4. The van der Waals surface area contributed by atoms with E-state index in [1.165, 1.54) is 7.11 Å². The number of carbonyl (C=O) groups excluding carboxylic acids is 3. The lowest BCUT2D eigenvalue weighted by Gasteiger charge is -2.40. The van der Waals surface area contributed by atoms with Crippen LogP contribution in [0.25, 0.3) is 0 Å². The van der Waals surface area contributed by atoms with Crippen LogP contribution in [0.5, 0.6) is 0 Å². The summed E-state index contributed by atoms with van der Waals surface area (Å²) in [5.41, 5.74) is 0. The molecule has 0 saturated carbocycles. The number of Topliss-reactive ketones (excluding diaryl/α,β-unsaturated/α-hetero) is 2. The summed E-state index contributed by atoms with van der Waals surface area (Å²) in [5.74, 6) is -1.30. The van der Waals surface area contributed by atoms with E-state index in [-0.39, 0.29) is 54.1 Å². The van der Waals surface area contributed by atoms with Crippen LogP contribution < -0.4 is 0 Å². The highest BCUT2D eigenvalue weighted by Crippen LogP contribution is 2.27. The van der Waals surface area contributed by atoms with Crippen LogP contribution in [-0.4, -0.2) is 84.3 Å². The summed E-state index contributed by atoms with van der Waals surface area (Å²) in [6.07, 6.45) is 3.38. The Morgan fingerprint density at radius 2 is 1.49 bits per heavy atom. The predicted molar refractivity (Wildman–Crippen MR) is 147 cm³/mol. The maximum Gasteiger partial charge on any atom is 0.306 e. The first-order valence-corrected chi connectivity index (χ1v) is 13.9. The average Bonchev–Trinajstić information content (AvgIpc) is 2.80. The second kappa shape index (κ2) is 17.7. The van der Waals surface area contributed by atoms with Crippen molar-refractivity contribution in [3.8, 4) is 0 Å². The van der Waals surface area contributed by atoms with Gasteiger partial charge in [0.1, 0.15) is 5.78 Å². The first kappa shape index (κ1) is 35.2. The minimum atomic E-state index is -0.972. The van der Waals surface area contributed by atoms with Gasteiger partial charge < -0.3 is 19.5 Å². The molecule has 0 spiro atoms. The van der Waals surface area contributed by atoms with E-state index in [2.05, 4.69) is 4.90 Å². The first-order chi connectivity index (χ1) is 17.2. The lowest BCUT2D eigenvalue weighted by Crippen LogP contribution is -2.52. The molecule has 0 bridgehead atoms. The molecule has 0 rings (SSSR count). The Morgan fingerprint density at radius 1 is 0.892 bits per heavy atom. The molecule has 8 nitrogen and oxygen atoms in total. The summed E-state index contributed by atoms with van der Waals surface area (Å²) >= 11 is 0. The zero-order chi connectivity index (χ0) is 28.9. The van der Waals surface area contributed by atoms with Crippen molar-refractivity contribution >= 4 is 23.4 Å². The van der Waals surface area contributed by atoms with Crippen LogP contribution in [0, 0.1) is 23.7 Å². The molecule has 0 aromatic heterocycles. The number of nitrogens with zero attached hydrogens (tertiary/aromatic N) is 2. The number of carbonyl (C=O) groups is 4. The van der Waals surface area contributed by atoms with Crippen molar-refractivity contribution in [1.82, 2.24) is 9.80 Å². The summed E-state index contributed by atoms with van der Waals surface area (Å²) in [6, 6.07) is -0.704. The van der Waals surface area contributed by atoms with Crippen molar-refractivity contribution in [2.45, 2.75) is 112 Å². The predicted octanol–water partition coefficient (Wildman–Crippen LogP) is 4.69. The molecule has 216 valence electrons. The Kier molecular flexibility index (Phi) is 16.8. The van der Waals surface area contributed by atoms with Gasteiger partial charge in [-0.1, -0.05) is 54.4 Å². The molecule has 1 N–H and O–H groups in total. The van der Waals surface area contributed by atoms with Crippen molar-refractivity contribution in [3.05, 3.63) is 0 Å². The summed E-state index contributed by atoms with van der Waals surface area (Å²) in [6.45, 7) is 14.3. The largest absolute Gasteiger partial charge is 0.481 e. The number of likely N-dealkylation sites (N-methyl/N-ethyl adjacent to an activating group) is 2. The van der Waals surface area contributed by atoms with Gasteiger partial charge in [-0.15, -0.1) is 0 Å². The van der Waals surface area contributed by atoms with E-state index >= 15 is 0 Å². The van der Waals surface area contributed by atoms with Crippen LogP contribution in [0.3, 0.4) is 0 Å². The molecule has 1 amide bonds. The summed E-state index contributed by atoms with van der Waals surface area (Å²) < 4.78 is 5.54. The Morgan fingerprint density at radius 3 is 1.92 bits per heavy atom. The van der Waals surface area contributed by atoms with E-state index < -0.39 is 24.0 Å². The Bertz CT molecular complexity index is 723. The van der Waals surface area contributed by atoms with Gasteiger partial charge in [0, 0.05) is 32.9 Å². The van der Waals surface area contributed by atoms with Crippen LogP contribution in [0.1, 0.15) is 93.4 Å². The highest BCUT2D eigenvalue weighted by atomic mass is 16.5. The molecule has 0 aliphatic rings. The van der Waals surface area contributed by atoms with Gasteiger partial charge >= 0.3 is 5.97 Å². The zero-order valence-electron chi connectivity index (χ0n) is 25.1. The van der Waals surface area contributed by atoms with E-state index in [0.717, 1.165) is 32.2 Å². The van der Waals surface area contributed by atoms with Gasteiger partial charge in [0.05, 0.1) is 24.6 Å². The normalized spacial score (nSPS) is 15.9. The quantitative estimate of drug-likeness (QED) is 0.230. The van der Waals surface area contributed by atoms with E-state index in [1.807, 2.05) is 48.6 Å². The fraction of sp³-hybridized carbons (Fsp3) is 0.862. The molecule has 37 heavy (non-hydrogen) atoms. The van der Waals surface area contributed by atoms with Crippen molar-refractivity contribution in [1.29, 1.82) is 0 Å². The molecule has 0 aliphatic carbocycles. The smallest absolute Gasteiger partial charge is 0.306 e. The van der Waals surface area contributed by atoms with Crippen LogP contribution in [-0.2, 0) is 23.9 Å². The molecule has 0 radical (unpaired) electrons. The zero-order valence-corrected chi connectivity index (χ0v) is 25.1. The third-order valence-corrected chi connectivity index (χ3v) is 7.60. The number of unbranched alkanes of at least 4 members (excludes halogenated alkanes) is 2. The minimum Gasteiger partial charge on any atom is -0.481 e. The molecule has 8 heteroatoms. The third kappa shape index (κ3) is 12.1. The number of methoxy groups -OCH3 is 1. The Balaban J connectivity index is 5.65. The molecular formula is C29H54N2O6. The van der Waals surface area contributed by atoms with E-state index in [0.29, 0.717) is 6.42 Å². The monoisotopic (exact) mass is 526 g/mol. The van der Waals surface area contributed by atoms with Gasteiger partial charge in [-0.25, -0.2) is 0 Å². The number of hydrogen-bond donors (Lipinski definition) is 1. The summed E-state index contributed by atoms with van der Waals surface area (Å²) in [7, 11) is 5.15. The highest BCUT2D eigenvalue weighted by molar-refractivity contribution is 5.90.